The summed E-state index contributed by atoms with van der Waals surface area (Å²) in [6.07, 6.45) is 0. The van der Waals surface area contributed by atoms with Gasteiger partial charge >= 0.3 is 5.91 Å². The highest BCUT2D eigenvalue weighted by Crippen LogP contribution is 2.45. The summed E-state index contributed by atoms with van der Waals surface area (Å²) in [4.78, 5) is 28.2. The van der Waals surface area contributed by atoms with Crippen LogP contribution in [-0.2, 0) is 15.3 Å². The number of aromatic nitrogens is 2. The highest BCUT2D eigenvalue weighted by molar-refractivity contribution is 8.00. The normalized spacial score (nSPS) is 16.3. The van der Waals surface area contributed by atoms with Crippen LogP contribution in [0.3, 0.4) is 0 Å². The van der Waals surface area contributed by atoms with Gasteiger partial charge in [-0.25, -0.2) is 0 Å². The number of hydrogen-bond donors (Lipinski definition) is 1. The highest BCUT2D eigenvalue weighted by Gasteiger charge is 2.48. The summed E-state index contributed by atoms with van der Waals surface area (Å²) in [5, 5.41) is 21.5. The average molecular weight is 649 g/mol. The van der Waals surface area contributed by atoms with E-state index < -0.39 is 17.7 Å². The highest BCUT2D eigenvalue weighted by atomic mass is 35.5. The second kappa shape index (κ2) is 12.3. The molecule has 4 aromatic rings. The third-order valence-corrected chi connectivity index (χ3v) is 9.20. The van der Waals surface area contributed by atoms with Gasteiger partial charge in [0.05, 0.1) is 25.8 Å². The lowest BCUT2D eigenvalue weighted by Gasteiger charge is -2.23. The fourth-order valence-corrected chi connectivity index (χ4v) is 6.82. The van der Waals surface area contributed by atoms with Crippen LogP contribution in [0, 0.1) is 0 Å². The Bertz CT molecular complexity index is 1680. The molecule has 0 saturated carbocycles. The smallest absolute Gasteiger partial charge is 0.301 e. The number of thioether (sulfide) groups is 1. The number of halogens is 3. The van der Waals surface area contributed by atoms with Crippen LogP contribution in [0.1, 0.15) is 22.7 Å². The van der Waals surface area contributed by atoms with Crippen molar-refractivity contribution in [3.63, 3.8) is 0 Å². The maximum atomic E-state index is 13.5. The number of nitrogens with zero attached hydrogens (tertiary/aromatic N) is 3. The van der Waals surface area contributed by atoms with Gasteiger partial charge in [0, 0.05) is 26.4 Å². The van der Waals surface area contributed by atoms with Gasteiger partial charge < -0.3 is 14.6 Å². The molecule has 13 heteroatoms. The first-order valence-corrected chi connectivity index (χ1v) is 14.8. The topological polar surface area (TPSA) is 102 Å². The molecule has 1 fully saturated rings. The number of anilines is 1. The maximum absolute atomic E-state index is 13.5. The van der Waals surface area contributed by atoms with Crippen molar-refractivity contribution >= 4 is 80.5 Å². The van der Waals surface area contributed by atoms with Crippen LogP contribution in [0.15, 0.2) is 70.6 Å². The van der Waals surface area contributed by atoms with Gasteiger partial charge in [-0.2, -0.15) is 0 Å². The Morgan fingerprint density at radius 2 is 1.66 bits per heavy atom. The van der Waals surface area contributed by atoms with E-state index in [0.29, 0.717) is 47.8 Å². The van der Waals surface area contributed by atoms with Gasteiger partial charge in [0.1, 0.15) is 5.76 Å². The second-order valence-electron chi connectivity index (χ2n) is 8.67. The predicted molar refractivity (Wildman–Crippen MR) is 162 cm³/mol. The third-order valence-electron chi connectivity index (χ3n) is 6.25. The molecule has 1 N–H and O–H groups in total. The Labute approximate surface area is 258 Å². The first-order chi connectivity index (χ1) is 19.7. The van der Waals surface area contributed by atoms with E-state index >= 15 is 0 Å². The van der Waals surface area contributed by atoms with Crippen LogP contribution in [0.4, 0.5) is 5.13 Å². The molecule has 5 rings (SSSR count). The Hall–Kier alpha value is -3.28. The van der Waals surface area contributed by atoms with Gasteiger partial charge in [-0.05, 0) is 59.7 Å². The minimum absolute atomic E-state index is 0.109. The molecule has 1 saturated heterocycles. The van der Waals surface area contributed by atoms with E-state index in [2.05, 4.69) is 10.2 Å². The van der Waals surface area contributed by atoms with Crippen LogP contribution in [0.2, 0.25) is 15.1 Å². The Morgan fingerprint density at radius 1 is 0.951 bits per heavy atom. The summed E-state index contributed by atoms with van der Waals surface area (Å²) in [6, 6.07) is 15.5. The minimum atomic E-state index is -1.03. The molecule has 0 spiro atoms. The van der Waals surface area contributed by atoms with Gasteiger partial charge in [0.15, 0.2) is 15.8 Å². The van der Waals surface area contributed by atoms with E-state index in [-0.39, 0.29) is 16.5 Å². The van der Waals surface area contributed by atoms with Crippen molar-refractivity contribution in [2.24, 2.45) is 0 Å². The van der Waals surface area contributed by atoms with Crippen molar-refractivity contribution in [3.05, 3.63) is 98.0 Å². The molecule has 1 aliphatic rings. The largest absolute Gasteiger partial charge is 0.507 e. The lowest BCUT2D eigenvalue weighted by atomic mass is 9.95. The Kier molecular flexibility index (Phi) is 8.77. The zero-order chi connectivity index (χ0) is 29.3. The first-order valence-electron chi connectivity index (χ1n) is 11.9. The van der Waals surface area contributed by atoms with Gasteiger partial charge in [0.25, 0.3) is 5.78 Å². The van der Waals surface area contributed by atoms with Gasteiger partial charge in [0.2, 0.25) is 5.13 Å². The van der Waals surface area contributed by atoms with Crippen LogP contribution in [0.25, 0.3) is 5.76 Å². The minimum Gasteiger partial charge on any atom is -0.507 e. The average Bonchev–Trinajstić information content (AvgIpc) is 3.54. The van der Waals surface area contributed by atoms with Crippen molar-refractivity contribution in [1.29, 1.82) is 0 Å². The molecule has 1 aromatic heterocycles. The van der Waals surface area contributed by atoms with Crippen molar-refractivity contribution in [2.45, 2.75) is 16.1 Å². The molecule has 41 heavy (non-hydrogen) atoms. The number of rotatable bonds is 8. The van der Waals surface area contributed by atoms with Crippen molar-refractivity contribution in [1.82, 2.24) is 10.2 Å². The lowest BCUT2D eigenvalue weighted by Crippen LogP contribution is -2.29. The third kappa shape index (κ3) is 5.89. The van der Waals surface area contributed by atoms with Crippen LogP contribution in [-0.4, -0.2) is 41.2 Å². The number of hydrogen-bond acceptors (Lipinski definition) is 9. The molecule has 0 radical (unpaired) electrons. The molecule has 1 atom stereocenters. The number of Topliss-reactive ketones (excluding diaryl/α,β-unsaturated/α-hetero) is 1. The SMILES string of the molecule is COc1ccc(C2/C(=C(/O)c3ccc(Cl)cc3)C(=O)C(=O)N2c2nnc(SCc3ccc(Cl)cc3Cl)s2)cc1OC. The van der Waals surface area contributed by atoms with Crippen molar-refractivity contribution < 1.29 is 24.2 Å². The second-order valence-corrected chi connectivity index (χ2v) is 12.1. The standard InChI is InChI=1S/C28H20Cl3N3O5S2/c1-38-20-10-6-15(11-21(20)39-2)23-22(24(35)14-3-7-17(29)8-4-14)25(36)26(37)34(23)27-32-33-28(41-27)40-13-16-5-9-18(30)12-19(16)31/h3-12,23,35H,13H2,1-2H3/b24-22-. The maximum Gasteiger partial charge on any atom is 0.301 e. The van der Waals surface area contributed by atoms with Crippen LogP contribution in [0.5, 0.6) is 11.5 Å². The van der Waals surface area contributed by atoms with E-state index in [4.69, 9.17) is 44.3 Å². The quantitative estimate of drug-likeness (QED) is 0.0692. The summed E-state index contributed by atoms with van der Waals surface area (Å²) in [5.74, 6) is -0.738. The van der Waals surface area contributed by atoms with Gasteiger partial charge in [-0.1, -0.05) is 70.0 Å². The Balaban J connectivity index is 1.57. The van der Waals surface area contributed by atoms with Gasteiger partial charge in [-0.3, -0.25) is 14.5 Å². The zero-order valence-electron chi connectivity index (χ0n) is 21.4. The summed E-state index contributed by atoms with van der Waals surface area (Å²) in [6.45, 7) is 0. The van der Waals surface area contributed by atoms with Crippen LogP contribution >= 0.6 is 57.9 Å². The fraction of sp³-hybridized carbons (Fsp3) is 0.143. The zero-order valence-corrected chi connectivity index (χ0v) is 25.3. The number of carbonyl (C=O) groups excluding carboxylic acids is 2. The number of ketones is 1. The molecule has 3 aromatic carbocycles. The van der Waals surface area contributed by atoms with E-state index in [1.54, 1.807) is 54.6 Å². The molecule has 2 heterocycles. The van der Waals surface area contributed by atoms with E-state index in [9.17, 15) is 14.7 Å². The number of aliphatic hydroxyl groups excluding tert-OH is 1. The lowest BCUT2D eigenvalue weighted by molar-refractivity contribution is -0.132. The summed E-state index contributed by atoms with van der Waals surface area (Å²) in [5.41, 5.74) is 1.56. The first kappa shape index (κ1) is 29.2. The molecule has 210 valence electrons. The number of ether oxygens (including phenoxy) is 2. The molecule has 8 nitrogen and oxygen atoms in total. The molecular formula is C28H20Cl3N3O5S2. The predicted octanol–water partition coefficient (Wildman–Crippen LogP) is 7.43. The van der Waals surface area contributed by atoms with Crippen molar-refractivity contribution in [2.75, 3.05) is 19.1 Å². The number of aliphatic hydroxyl groups is 1. The van der Waals surface area contributed by atoms with Crippen LogP contribution < -0.4 is 14.4 Å². The van der Waals surface area contributed by atoms with Crippen molar-refractivity contribution in [3.8, 4) is 11.5 Å². The molecule has 1 aliphatic heterocycles. The summed E-state index contributed by atoms with van der Waals surface area (Å²) >= 11 is 20.8. The van der Waals surface area contributed by atoms with E-state index in [1.807, 2.05) is 6.07 Å². The molecule has 0 bridgehead atoms. The Morgan fingerprint density at radius 3 is 2.34 bits per heavy atom. The monoisotopic (exact) mass is 647 g/mol. The molecule has 1 unspecified atom stereocenters. The van der Waals surface area contributed by atoms with E-state index in [0.717, 1.165) is 16.9 Å². The number of carbonyl (C=O) groups is 2. The van der Waals surface area contributed by atoms with Gasteiger partial charge in [-0.15, -0.1) is 10.2 Å². The number of amides is 1. The molecule has 1 amide bonds. The number of methoxy groups -OCH3 is 2. The number of benzene rings is 3. The van der Waals surface area contributed by atoms with E-state index in [1.165, 1.54) is 30.9 Å². The molecular weight excluding hydrogens is 629 g/mol. The summed E-state index contributed by atoms with van der Waals surface area (Å²) < 4.78 is 11.4. The summed E-state index contributed by atoms with van der Waals surface area (Å²) in [7, 11) is 2.98. The fourth-order valence-electron chi connectivity index (χ4n) is 4.27. The molecule has 0 aliphatic carbocycles.